The topological polar surface area (TPSA) is 66.9 Å². The van der Waals surface area contributed by atoms with Crippen molar-refractivity contribution in [3.8, 4) is 11.1 Å². The van der Waals surface area contributed by atoms with Crippen LogP contribution in [-0.2, 0) is 6.42 Å². The highest BCUT2D eigenvalue weighted by Gasteiger charge is 2.07. The van der Waals surface area contributed by atoms with Crippen LogP contribution in [0.2, 0.25) is 0 Å². The van der Waals surface area contributed by atoms with Crippen molar-refractivity contribution in [3.63, 3.8) is 0 Å². The van der Waals surface area contributed by atoms with E-state index in [4.69, 9.17) is 0 Å². The number of aromatic nitrogens is 2. The van der Waals surface area contributed by atoms with Gasteiger partial charge >= 0.3 is 0 Å². The standard InChI is InChI=1S/C26H24N4O.2H2/c31-25(27-16-8-11-20-9-3-1-4-10-20)22-14-7-15-24(17-22)30-26-28-18-23(19-29-26)21-12-5-2-6-13-21;;/h1-7,9-10,12-15,17-19H,8,11,16H2,(H,27,31)(H,28,29,30);2*1H. The highest BCUT2D eigenvalue weighted by molar-refractivity contribution is 5.95. The summed E-state index contributed by atoms with van der Waals surface area (Å²) in [4.78, 5) is 21.3. The molecule has 0 fully saturated rings. The lowest BCUT2D eigenvalue weighted by atomic mass is 10.1. The second-order valence-corrected chi connectivity index (χ2v) is 7.21. The van der Waals surface area contributed by atoms with Crippen LogP contribution in [0.15, 0.2) is 97.3 Å². The van der Waals surface area contributed by atoms with Gasteiger partial charge in [0.1, 0.15) is 0 Å². The van der Waals surface area contributed by atoms with Crippen molar-refractivity contribution in [1.82, 2.24) is 15.3 Å². The number of rotatable bonds is 8. The van der Waals surface area contributed by atoms with Crippen LogP contribution in [0.4, 0.5) is 11.6 Å². The molecule has 2 N–H and O–H groups in total. The molecule has 5 heteroatoms. The third-order valence-electron chi connectivity index (χ3n) is 4.91. The summed E-state index contributed by atoms with van der Waals surface area (Å²) in [6.07, 6.45) is 5.41. The van der Waals surface area contributed by atoms with Crippen molar-refractivity contribution in [3.05, 3.63) is 108 Å². The van der Waals surface area contributed by atoms with Gasteiger partial charge in [0, 0.05) is 38.6 Å². The fourth-order valence-electron chi connectivity index (χ4n) is 3.28. The molecule has 158 valence electrons. The fraction of sp³-hybridized carbons (Fsp3) is 0.115. The molecule has 1 heterocycles. The lowest BCUT2D eigenvalue weighted by Crippen LogP contribution is -2.24. The summed E-state index contributed by atoms with van der Waals surface area (Å²) in [5.41, 5.74) is 4.67. The lowest BCUT2D eigenvalue weighted by molar-refractivity contribution is 0.0953. The number of carbonyl (C=O) groups excluding carboxylic acids is 1. The molecule has 4 rings (SSSR count). The highest BCUT2D eigenvalue weighted by Crippen LogP contribution is 2.19. The number of hydrogen-bond donors (Lipinski definition) is 2. The SMILES string of the molecule is O=C(NCCCc1ccccc1)c1cccc(Nc2ncc(-c3ccccc3)cn2)c1.[HH].[HH]. The molecule has 0 aliphatic carbocycles. The van der Waals surface area contributed by atoms with Crippen LogP contribution in [0.3, 0.4) is 0 Å². The summed E-state index contributed by atoms with van der Waals surface area (Å²) in [6.45, 7) is 0.634. The Morgan fingerprint density at radius 3 is 2.26 bits per heavy atom. The van der Waals surface area contributed by atoms with E-state index in [0.29, 0.717) is 18.1 Å². The molecule has 0 atom stereocenters. The van der Waals surface area contributed by atoms with Gasteiger partial charge in [0.2, 0.25) is 5.95 Å². The summed E-state index contributed by atoms with van der Waals surface area (Å²) in [7, 11) is 0. The van der Waals surface area contributed by atoms with Crippen LogP contribution in [0.25, 0.3) is 11.1 Å². The van der Waals surface area contributed by atoms with E-state index in [1.54, 1.807) is 24.5 Å². The number of anilines is 2. The number of amides is 1. The van der Waals surface area contributed by atoms with E-state index in [-0.39, 0.29) is 8.76 Å². The average Bonchev–Trinajstić information content (AvgIpc) is 2.83. The second kappa shape index (κ2) is 10.2. The van der Waals surface area contributed by atoms with Crippen molar-refractivity contribution in [1.29, 1.82) is 0 Å². The Hall–Kier alpha value is -3.99. The number of hydrogen-bond acceptors (Lipinski definition) is 4. The van der Waals surface area contributed by atoms with Crippen LogP contribution >= 0.6 is 0 Å². The summed E-state index contributed by atoms with van der Waals surface area (Å²) in [6, 6.07) is 27.6. The van der Waals surface area contributed by atoms with Crippen LogP contribution < -0.4 is 10.6 Å². The maximum absolute atomic E-state index is 12.5. The first kappa shape index (κ1) is 20.3. The third kappa shape index (κ3) is 5.76. The predicted molar refractivity (Wildman–Crippen MR) is 129 cm³/mol. The van der Waals surface area contributed by atoms with Gasteiger partial charge in [0.25, 0.3) is 5.91 Å². The minimum absolute atomic E-state index is 0. The summed E-state index contributed by atoms with van der Waals surface area (Å²) >= 11 is 0. The Bertz CT molecular complexity index is 1120. The molecule has 4 aromatic rings. The number of nitrogens with zero attached hydrogens (tertiary/aromatic N) is 2. The van der Waals surface area contributed by atoms with Gasteiger partial charge in [-0.25, -0.2) is 9.97 Å². The van der Waals surface area contributed by atoms with E-state index < -0.39 is 0 Å². The quantitative estimate of drug-likeness (QED) is 0.362. The normalized spacial score (nSPS) is 10.5. The first-order valence-electron chi connectivity index (χ1n) is 10.3. The molecule has 0 unspecified atom stereocenters. The van der Waals surface area contributed by atoms with Crippen LogP contribution in [-0.4, -0.2) is 22.4 Å². The number of benzene rings is 3. The Morgan fingerprint density at radius 1 is 0.806 bits per heavy atom. The van der Waals surface area contributed by atoms with Crippen molar-refractivity contribution in [2.75, 3.05) is 11.9 Å². The maximum Gasteiger partial charge on any atom is 0.251 e. The molecule has 0 saturated heterocycles. The van der Waals surface area contributed by atoms with E-state index in [9.17, 15) is 4.79 Å². The predicted octanol–water partition coefficient (Wildman–Crippen LogP) is 5.74. The van der Waals surface area contributed by atoms with Gasteiger partial charge in [-0.05, 0) is 42.2 Å². The van der Waals surface area contributed by atoms with Crippen LogP contribution in [0.1, 0.15) is 25.2 Å². The molecule has 0 saturated carbocycles. The monoisotopic (exact) mass is 412 g/mol. The smallest absolute Gasteiger partial charge is 0.251 e. The van der Waals surface area contributed by atoms with Gasteiger partial charge in [-0.1, -0.05) is 66.7 Å². The van der Waals surface area contributed by atoms with Gasteiger partial charge in [0.15, 0.2) is 0 Å². The zero-order chi connectivity index (χ0) is 21.3. The minimum Gasteiger partial charge on any atom is -0.352 e. The molecule has 31 heavy (non-hydrogen) atoms. The average molecular weight is 413 g/mol. The molecule has 1 amide bonds. The van der Waals surface area contributed by atoms with Crippen molar-refractivity contribution in [2.45, 2.75) is 12.8 Å². The molecule has 0 aliphatic rings. The van der Waals surface area contributed by atoms with Crippen LogP contribution in [0.5, 0.6) is 0 Å². The van der Waals surface area contributed by atoms with Crippen LogP contribution in [0, 0.1) is 0 Å². The van der Waals surface area contributed by atoms with E-state index >= 15 is 0 Å². The van der Waals surface area contributed by atoms with Crippen molar-refractivity contribution in [2.24, 2.45) is 0 Å². The molecular formula is C26H28N4O. The second-order valence-electron chi connectivity index (χ2n) is 7.21. The molecule has 1 aromatic heterocycles. The molecular weight excluding hydrogens is 384 g/mol. The molecule has 0 radical (unpaired) electrons. The van der Waals surface area contributed by atoms with Gasteiger partial charge in [0.05, 0.1) is 0 Å². The van der Waals surface area contributed by atoms with Gasteiger partial charge in [-0.2, -0.15) is 0 Å². The Labute approximate surface area is 185 Å². The first-order chi connectivity index (χ1) is 15.3. The Morgan fingerprint density at radius 2 is 1.52 bits per heavy atom. The molecule has 5 nitrogen and oxygen atoms in total. The summed E-state index contributed by atoms with van der Waals surface area (Å²) in [5, 5.41) is 6.15. The molecule has 3 aromatic carbocycles. The molecule has 0 bridgehead atoms. The van der Waals surface area contributed by atoms with Gasteiger partial charge in [-0.15, -0.1) is 0 Å². The minimum atomic E-state index is -0.0861. The van der Waals surface area contributed by atoms with E-state index in [1.807, 2.05) is 60.7 Å². The van der Waals surface area contributed by atoms with E-state index in [0.717, 1.165) is 29.7 Å². The zero-order valence-corrected chi connectivity index (χ0v) is 17.2. The summed E-state index contributed by atoms with van der Waals surface area (Å²) in [5.74, 6) is 0.400. The van der Waals surface area contributed by atoms with Crippen molar-refractivity contribution >= 4 is 17.5 Å². The number of aryl methyl sites for hydroxylation is 1. The van der Waals surface area contributed by atoms with Crippen molar-refractivity contribution < 1.29 is 7.65 Å². The summed E-state index contributed by atoms with van der Waals surface area (Å²) < 4.78 is 0. The highest BCUT2D eigenvalue weighted by atomic mass is 16.1. The fourth-order valence-corrected chi connectivity index (χ4v) is 3.28. The Balaban J connectivity index is 0.00000193. The molecule has 0 spiro atoms. The third-order valence-corrected chi connectivity index (χ3v) is 4.91. The maximum atomic E-state index is 12.5. The van der Waals surface area contributed by atoms with E-state index in [2.05, 4.69) is 32.7 Å². The Kier molecular flexibility index (Phi) is 6.65. The van der Waals surface area contributed by atoms with E-state index in [1.165, 1.54) is 5.56 Å². The number of carbonyl (C=O) groups is 1. The lowest BCUT2D eigenvalue weighted by Gasteiger charge is -2.09. The molecule has 0 aliphatic heterocycles. The van der Waals surface area contributed by atoms with Gasteiger partial charge < -0.3 is 10.6 Å². The zero-order valence-electron chi connectivity index (χ0n) is 17.2. The number of nitrogens with one attached hydrogen (secondary N) is 2. The largest absolute Gasteiger partial charge is 0.352 e. The first-order valence-corrected chi connectivity index (χ1v) is 10.3. The van der Waals surface area contributed by atoms with Gasteiger partial charge in [-0.3, -0.25) is 4.79 Å².